The molecule has 212 valence electrons. The third-order valence-electron chi connectivity index (χ3n) is 7.62. The number of hydrogen-bond acceptors (Lipinski definition) is 8. The molecule has 1 saturated heterocycles. The van der Waals surface area contributed by atoms with Crippen LogP contribution in [0.2, 0.25) is 0 Å². The van der Waals surface area contributed by atoms with Crippen molar-refractivity contribution in [3.8, 4) is 16.9 Å². The molecule has 1 aliphatic heterocycles. The summed E-state index contributed by atoms with van der Waals surface area (Å²) in [4.78, 5) is 48.9. The highest BCUT2D eigenvalue weighted by molar-refractivity contribution is 5.90. The first-order valence-corrected chi connectivity index (χ1v) is 13.6. The second-order valence-electron chi connectivity index (χ2n) is 10.2. The van der Waals surface area contributed by atoms with Crippen LogP contribution in [0.25, 0.3) is 28.0 Å². The van der Waals surface area contributed by atoms with Crippen LogP contribution in [0, 0.1) is 0 Å². The van der Waals surface area contributed by atoms with E-state index in [0.29, 0.717) is 29.9 Å². The maximum absolute atomic E-state index is 14.0. The van der Waals surface area contributed by atoms with Crippen LogP contribution in [0.3, 0.4) is 0 Å². The lowest BCUT2D eigenvalue weighted by atomic mass is 10.1. The number of esters is 2. The highest BCUT2D eigenvalue weighted by Crippen LogP contribution is 2.28. The van der Waals surface area contributed by atoms with E-state index in [4.69, 9.17) is 9.47 Å². The largest absolute Gasteiger partial charge is 0.465 e. The number of benzene rings is 2. The number of hydrogen-bond donors (Lipinski definition) is 0. The molecular weight excluding hydrogens is 534 g/mol. The van der Waals surface area contributed by atoms with Crippen LogP contribution in [0.1, 0.15) is 38.9 Å². The number of rotatable bonds is 7. The summed E-state index contributed by atoms with van der Waals surface area (Å²) in [5.41, 5.74) is 5.51. The lowest BCUT2D eigenvalue weighted by Crippen LogP contribution is -2.29. The normalized spacial score (nSPS) is 15.1. The van der Waals surface area contributed by atoms with E-state index in [0.717, 1.165) is 41.0 Å². The van der Waals surface area contributed by atoms with Gasteiger partial charge in [0.15, 0.2) is 0 Å². The minimum atomic E-state index is -0.393. The van der Waals surface area contributed by atoms with Crippen molar-refractivity contribution < 1.29 is 19.1 Å². The minimum absolute atomic E-state index is 0.0204. The average molecular weight is 564 g/mol. The summed E-state index contributed by atoms with van der Waals surface area (Å²) in [5, 5.41) is 0. The molecule has 2 aromatic carbocycles. The summed E-state index contributed by atoms with van der Waals surface area (Å²) in [6.45, 7) is 2.04. The Labute approximate surface area is 241 Å². The van der Waals surface area contributed by atoms with E-state index in [2.05, 4.69) is 14.9 Å². The summed E-state index contributed by atoms with van der Waals surface area (Å²) in [6, 6.07) is 21.9. The topological polar surface area (TPSA) is 109 Å². The fourth-order valence-electron chi connectivity index (χ4n) is 5.56. The van der Waals surface area contributed by atoms with Gasteiger partial charge in [-0.2, -0.15) is 0 Å². The molecule has 42 heavy (non-hydrogen) atoms. The van der Waals surface area contributed by atoms with E-state index >= 15 is 0 Å². The Kier molecular flexibility index (Phi) is 7.37. The van der Waals surface area contributed by atoms with Crippen LogP contribution < -0.4 is 5.69 Å². The van der Waals surface area contributed by atoms with E-state index in [-0.39, 0.29) is 11.7 Å². The standard InChI is InChI=1S/C32H29N5O5/c1-41-30(38)22-9-7-21(8-10-22)27-12-11-25(18-34-27)36-28-5-3-4-6-29(28)37(32(36)40)26-14-16-35(20-26)19-24-17-23(13-15-33-24)31(39)42-2/h3-13,15,17-18,26H,14,16,19-20H2,1-2H3/t26-/m0/s1. The van der Waals surface area contributed by atoms with E-state index < -0.39 is 11.9 Å². The van der Waals surface area contributed by atoms with Crippen molar-refractivity contribution in [2.24, 2.45) is 0 Å². The number of methoxy groups -OCH3 is 2. The molecule has 0 N–H and O–H groups in total. The molecule has 0 radical (unpaired) electrons. The molecule has 0 spiro atoms. The molecule has 10 heteroatoms. The van der Waals surface area contributed by atoms with Gasteiger partial charge in [-0.05, 0) is 55.0 Å². The summed E-state index contributed by atoms with van der Waals surface area (Å²) >= 11 is 0. The minimum Gasteiger partial charge on any atom is -0.465 e. The van der Waals surface area contributed by atoms with E-state index in [9.17, 15) is 14.4 Å². The van der Waals surface area contributed by atoms with Crippen LogP contribution in [0.5, 0.6) is 0 Å². The molecule has 6 rings (SSSR count). The van der Waals surface area contributed by atoms with Crippen molar-refractivity contribution >= 4 is 23.0 Å². The van der Waals surface area contributed by atoms with Crippen LogP contribution in [-0.4, -0.2) is 63.2 Å². The number of pyridine rings is 2. The highest BCUT2D eigenvalue weighted by atomic mass is 16.5. The summed E-state index contributed by atoms with van der Waals surface area (Å²) in [5.74, 6) is -0.785. The van der Waals surface area contributed by atoms with Gasteiger partial charge in [0.1, 0.15) is 0 Å². The second-order valence-corrected chi connectivity index (χ2v) is 10.2. The van der Waals surface area contributed by atoms with E-state index in [1.807, 2.05) is 53.1 Å². The third-order valence-corrected chi connectivity index (χ3v) is 7.62. The average Bonchev–Trinajstić information content (AvgIpc) is 3.61. The van der Waals surface area contributed by atoms with Crippen molar-refractivity contribution in [1.29, 1.82) is 0 Å². The van der Waals surface area contributed by atoms with Gasteiger partial charge in [-0.15, -0.1) is 0 Å². The zero-order chi connectivity index (χ0) is 29.2. The van der Waals surface area contributed by atoms with Crippen molar-refractivity contribution in [3.05, 3.63) is 112 Å². The first-order chi connectivity index (χ1) is 20.5. The third kappa shape index (κ3) is 5.08. The Morgan fingerprint density at radius 1 is 0.881 bits per heavy atom. The van der Waals surface area contributed by atoms with Crippen LogP contribution in [0.4, 0.5) is 0 Å². The Bertz CT molecular complexity index is 1830. The predicted octanol–water partition coefficient (Wildman–Crippen LogP) is 4.27. The zero-order valence-corrected chi connectivity index (χ0v) is 23.3. The Morgan fingerprint density at radius 2 is 1.62 bits per heavy atom. The number of ether oxygens (including phenoxy) is 2. The smallest absolute Gasteiger partial charge is 0.337 e. The second kappa shape index (κ2) is 11.4. The van der Waals surface area contributed by atoms with Gasteiger partial charge >= 0.3 is 17.6 Å². The fraction of sp³-hybridized carbons (Fsp3) is 0.219. The van der Waals surface area contributed by atoms with Crippen molar-refractivity contribution in [3.63, 3.8) is 0 Å². The molecule has 1 fully saturated rings. The molecule has 0 amide bonds. The molecule has 0 bridgehead atoms. The molecule has 5 aromatic rings. The van der Waals surface area contributed by atoms with E-state index in [1.165, 1.54) is 14.2 Å². The lowest BCUT2D eigenvalue weighted by molar-refractivity contribution is 0.0591. The number of carbonyl (C=O) groups is 2. The lowest BCUT2D eigenvalue weighted by Gasteiger charge is -2.16. The molecule has 0 unspecified atom stereocenters. The molecule has 1 aliphatic rings. The van der Waals surface area contributed by atoms with Gasteiger partial charge in [0.2, 0.25) is 0 Å². The number of nitrogens with zero attached hydrogens (tertiary/aromatic N) is 5. The Balaban J connectivity index is 1.26. The number of carbonyl (C=O) groups excluding carboxylic acids is 2. The number of fused-ring (bicyclic) bond motifs is 1. The van der Waals surface area contributed by atoms with Gasteiger partial charge in [-0.1, -0.05) is 24.3 Å². The molecule has 0 aliphatic carbocycles. The van der Waals surface area contributed by atoms with Crippen LogP contribution >= 0.6 is 0 Å². The Morgan fingerprint density at radius 3 is 2.33 bits per heavy atom. The van der Waals surface area contributed by atoms with Crippen molar-refractivity contribution in [1.82, 2.24) is 24.0 Å². The monoisotopic (exact) mass is 563 g/mol. The highest BCUT2D eigenvalue weighted by Gasteiger charge is 2.28. The maximum atomic E-state index is 14.0. The quantitative estimate of drug-likeness (QED) is 0.270. The molecule has 10 nitrogen and oxygen atoms in total. The fourth-order valence-corrected chi connectivity index (χ4v) is 5.56. The molecule has 1 atom stereocenters. The molecule has 4 heterocycles. The summed E-state index contributed by atoms with van der Waals surface area (Å²) in [6.07, 6.45) is 4.12. The zero-order valence-electron chi connectivity index (χ0n) is 23.3. The first kappa shape index (κ1) is 27.1. The maximum Gasteiger partial charge on any atom is 0.337 e. The predicted molar refractivity (Wildman–Crippen MR) is 157 cm³/mol. The van der Waals surface area contributed by atoms with Crippen molar-refractivity contribution in [2.75, 3.05) is 27.3 Å². The number of likely N-dealkylation sites (tertiary alicyclic amines) is 1. The van der Waals surface area contributed by atoms with Crippen molar-refractivity contribution in [2.45, 2.75) is 19.0 Å². The first-order valence-electron chi connectivity index (χ1n) is 13.6. The van der Waals surface area contributed by atoms with Gasteiger partial charge in [0.25, 0.3) is 0 Å². The number of imidazole rings is 1. The van der Waals surface area contributed by atoms with Gasteiger partial charge in [0, 0.05) is 31.4 Å². The van der Waals surface area contributed by atoms with Gasteiger partial charge in [-0.25, -0.2) is 14.4 Å². The molecule has 3 aromatic heterocycles. The van der Waals surface area contributed by atoms with Crippen LogP contribution in [-0.2, 0) is 16.0 Å². The molecular formula is C32H29N5O5. The summed E-state index contributed by atoms with van der Waals surface area (Å²) < 4.78 is 13.2. The number of para-hydroxylation sites is 2. The van der Waals surface area contributed by atoms with E-state index in [1.54, 1.807) is 41.2 Å². The van der Waals surface area contributed by atoms with Gasteiger partial charge in [0.05, 0.1) is 65.7 Å². The summed E-state index contributed by atoms with van der Waals surface area (Å²) in [7, 11) is 2.71. The van der Waals surface area contributed by atoms with Gasteiger partial charge in [-0.3, -0.25) is 24.0 Å². The van der Waals surface area contributed by atoms with Crippen LogP contribution in [0.15, 0.2) is 90.0 Å². The number of aromatic nitrogens is 4. The Hall–Kier alpha value is -5.09. The van der Waals surface area contributed by atoms with Gasteiger partial charge < -0.3 is 9.47 Å². The SMILES string of the molecule is COC(=O)c1ccc(-c2ccc(-n3c(=O)n([C@H]4CCN(Cc5cc(C(=O)OC)ccn5)C4)c4ccccc43)cn2)cc1. The molecule has 0 saturated carbocycles.